The van der Waals surface area contributed by atoms with E-state index in [1.54, 1.807) is 0 Å². The Balaban J connectivity index is 1.70. The van der Waals surface area contributed by atoms with Crippen molar-refractivity contribution in [2.24, 2.45) is 17.8 Å². The summed E-state index contributed by atoms with van der Waals surface area (Å²) in [5.74, 6) is 0.905. The molecule has 2 aliphatic carbocycles. The summed E-state index contributed by atoms with van der Waals surface area (Å²) in [4.78, 5) is 12.2. The number of halogens is 3. The summed E-state index contributed by atoms with van der Waals surface area (Å²) in [6, 6.07) is 4.82. The number of amides is 1. The molecular formula is C15H16F3NO. The molecule has 3 atom stereocenters. The van der Waals surface area contributed by atoms with Gasteiger partial charge in [-0.25, -0.2) is 0 Å². The highest BCUT2D eigenvalue weighted by atomic mass is 19.4. The van der Waals surface area contributed by atoms with Crippen LogP contribution in [0.2, 0.25) is 0 Å². The molecule has 0 heterocycles. The second kappa shape index (κ2) is 4.79. The van der Waals surface area contributed by atoms with Crippen LogP contribution in [0.3, 0.4) is 0 Å². The van der Waals surface area contributed by atoms with E-state index in [2.05, 4.69) is 5.32 Å². The van der Waals surface area contributed by atoms with E-state index in [1.807, 2.05) is 0 Å². The quantitative estimate of drug-likeness (QED) is 0.870. The molecule has 2 aliphatic rings. The number of nitrogens with one attached hydrogen (secondary N) is 1. The maximum absolute atomic E-state index is 12.6. The van der Waals surface area contributed by atoms with Gasteiger partial charge >= 0.3 is 6.18 Å². The van der Waals surface area contributed by atoms with Crippen LogP contribution in [0.5, 0.6) is 0 Å². The molecule has 0 radical (unpaired) electrons. The summed E-state index contributed by atoms with van der Waals surface area (Å²) in [7, 11) is 0. The lowest BCUT2D eigenvalue weighted by Gasteiger charge is -2.21. The summed E-state index contributed by atoms with van der Waals surface area (Å²) in [5.41, 5.74) is -0.504. The number of carbonyl (C=O) groups excluding carboxylic acids is 1. The van der Waals surface area contributed by atoms with Crippen molar-refractivity contribution in [2.45, 2.75) is 31.9 Å². The zero-order valence-electron chi connectivity index (χ0n) is 10.9. The van der Waals surface area contributed by atoms with E-state index in [1.165, 1.54) is 18.6 Å². The maximum atomic E-state index is 12.6. The molecular weight excluding hydrogens is 267 g/mol. The lowest BCUT2D eigenvalue weighted by Crippen LogP contribution is -2.27. The number of alkyl halides is 3. The van der Waals surface area contributed by atoms with Crippen LogP contribution < -0.4 is 5.32 Å². The van der Waals surface area contributed by atoms with Crippen molar-refractivity contribution in [3.05, 3.63) is 29.8 Å². The molecule has 1 aromatic carbocycles. The van der Waals surface area contributed by atoms with Gasteiger partial charge in [0.15, 0.2) is 0 Å². The molecule has 0 spiro atoms. The lowest BCUT2D eigenvalue weighted by atomic mass is 9.88. The van der Waals surface area contributed by atoms with Gasteiger partial charge in [-0.2, -0.15) is 13.2 Å². The molecule has 20 heavy (non-hydrogen) atoms. The van der Waals surface area contributed by atoms with Gasteiger partial charge in [0.25, 0.3) is 0 Å². The Morgan fingerprint density at radius 3 is 2.60 bits per heavy atom. The third-order valence-electron chi connectivity index (χ3n) is 4.53. The van der Waals surface area contributed by atoms with Gasteiger partial charge in [-0.1, -0.05) is 12.5 Å². The highest BCUT2D eigenvalue weighted by Crippen LogP contribution is 2.48. The number of fused-ring (bicyclic) bond motifs is 2. The number of anilines is 1. The van der Waals surface area contributed by atoms with Crippen molar-refractivity contribution < 1.29 is 18.0 Å². The summed E-state index contributed by atoms with van der Waals surface area (Å²) < 4.78 is 37.8. The monoisotopic (exact) mass is 283 g/mol. The number of benzene rings is 1. The zero-order valence-corrected chi connectivity index (χ0v) is 10.9. The van der Waals surface area contributed by atoms with Crippen LogP contribution >= 0.6 is 0 Å². The number of hydrogen-bond acceptors (Lipinski definition) is 1. The fraction of sp³-hybridized carbons (Fsp3) is 0.533. The van der Waals surface area contributed by atoms with Crippen molar-refractivity contribution in [3.63, 3.8) is 0 Å². The Bertz CT molecular complexity index is 526. The van der Waals surface area contributed by atoms with Crippen LogP contribution in [0.1, 0.15) is 31.2 Å². The molecule has 2 nitrogen and oxygen atoms in total. The number of carbonyl (C=O) groups is 1. The van der Waals surface area contributed by atoms with Crippen molar-refractivity contribution in [3.8, 4) is 0 Å². The normalized spacial score (nSPS) is 28.6. The minimum Gasteiger partial charge on any atom is -0.326 e. The van der Waals surface area contributed by atoms with E-state index < -0.39 is 11.7 Å². The summed E-state index contributed by atoms with van der Waals surface area (Å²) in [5, 5.41) is 2.64. The molecule has 1 aromatic rings. The Morgan fingerprint density at radius 2 is 2.00 bits per heavy atom. The molecule has 1 N–H and O–H groups in total. The Kier molecular flexibility index (Phi) is 3.22. The highest BCUT2D eigenvalue weighted by molar-refractivity contribution is 5.93. The van der Waals surface area contributed by atoms with Gasteiger partial charge in [0.2, 0.25) is 5.91 Å². The van der Waals surface area contributed by atoms with E-state index in [4.69, 9.17) is 0 Å². The molecule has 2 fully saturated rings. The van der Waals surface area contributed by atoms with Gasteiger partial charge in [0, 0.05) is 11.6 Å². The van der Waals surface area contributed by atoms with Crippen LogP contribution in [-0.4, -0.2) is 5.91 Å². The molecule has 5 heteroatoms. The van der Waals surface area contributed by atoms with Gasteiger partial charge in [-0.3, -0.25) is 4.79 Å². The third kappa shape index (κ3) is 2.53. The van der Waals surface area contributed by atoms with E-state index >= 15 is 0 Å². The fourth-order valence-corrected chi connectivity index (χ4v) is 3.57. The second-order valence-corrected chi connectivity index (χ2v) is 5.85. The van der Waals surface area contributed by atoms with Gasteiger partial charge in [-0.05, 0) is 49.3 Å². The van der Waals surface area contributed by atoms with Crippen LogP contribution in [0.4, 0.5) is 18.9 Å². The molecule has 0 unspecified atom stereocenters. The number of hydrogen-bond donors (Lipinski definition) is 1. The Morgan fingerprint density at radius 1 is 1.20 bits per heavy atom. The van der Waals surface area contributed by atoms with Crippen LogP contribution in [0.15, 0.2) is 24.3 Å². The van der Waals surface area contributed by atoms with Crippen molar-refractivity contribution in [2.75, 3.05) is 5.32 Å². The fourth-order valence-electron chi connectivity index (χ4n) is 3.57. The molecule has 0 saturated heterocycles. The van der Waals surface area contributed by atoms with E-state index in [9.17, 15) is 18.0 Å². The lowest BCUT2D eigenvalue weighted by molar-refractivity contribution is -0.137. The van der Waals surface area contributed by atoms with Gasteiger partial charge in [-0.15, -0.1) is 0 Å². The first-order valence-corrected chi connectivity index (χ1v) is 6.91. The standard InChI is InChI=1S/C15H16F3NO/c16-15(17,18)11-2-1-3-12(8-11)19-14(20)13-7-9-4-5-10(13)6-9/h1-3,8-10,13H,4-7H2,(H,19,20)/t9-,10-,13-/m1/s1. The average Bonchev–Trinajstić information content (AvgIpc) is 3.00. The first-order chi connectivity index (χ1) is 9.43. The molecule has 0 aromatic heterocycles. The summed E-state index contributed by atoms with van der Waals surface area (Å²) in [6.07, 6.45) is -0.132. The van der Waals surface area contributed by atoms with E-state index in [-0.39, 0.29) is 17.5 Å². The van der Waals surface area contributed by atoms with E-state index in [0.29, 0.717) is 11.8 Å². The smallest absolute Gasteiger partial charge is 0.326 e. The maximum Gasteiger partial charge on any atom is 0.416 e. The number of rotatable bonds is 2. The van der Waals surface area contributed by atoms with Gasteiger partial charge < -0.3 is 5.32 Å². The second-order valence-electron chi connectivity index (χ2n) is 5.85. The predicted molar refractivity (Wildman–Crippen MR) is 69.0 cm³/mol. The minimum atomic E-state index is -4.38. The van der Waals surface area contributed by atoms with Gasteiger partial charge in [0.1, 0.15) is 0 Å². The largest absolute Gasteiger partial charge is 0.416 e. The molecule has 1 amide bonds. The summed E-state index contributed by atoms with van der Waals surface area (Å²) in [6.45, 7) is 0. The van der Waals surface area contributed by atoms with Crippen LogP contribution in [-0.2, 0) is 11.0 Å². The first-order valence-electron chi connectivity index (χ1n) is 6.91. The molecule has 2 bridgehead atoms. The van der Waals surface area contributed by atoms with Crippen molar-refractivity contribution in [1.29, 1.82) is 0 Å². The highest BCUT2D eigenvalue weighted by Gasteiger charge is 2.43. The SMILES string of the molecule is O=C(Nc1cccc(C(F)(F)F)c1)[C@@H]1C[C@@H]2CC[C@@H]1C2. The minimum absolute atomic E-state index is 0.0247. The average molecular weight is 283 g/mol. The van der Waals surface area contributed by atoms with Crippen LogP contribution in [0, 0.1) is 17.8 Å². The predicted octanol–water partition coefficient (Wildman–Crippen LogP) is 4.08. The van der Waals surface area contributed by atoms with E-state index in [0.717, 1.165) is 31.4 Å². The Hall–Kier alpha value is -1.52. The van der Waals surface area contributed by atoms with Crippen molar-refractivity contribution in [1.82, 2.24) is 0 Å². The third-order valence-corrected chi connectivity index (χ3v) is 4.53. The summed E-state index contributed by atoms with van der Waals surface area (Å²) >= 11 is 0. The van der Waals surface area contributed by atoms with Gasteiger partial charge in [0.05, 0.1) is 5.56 Å². The topological polar surface area (TPSA) is 29.1 Å². The van der Waals surface area contributed by atoms with Crippen LogP contribution in [0.25, 0.3) is 0 Å². The molecule has 2 saturated carbocycles. The Labute approximate surface area is 115 Å². The molecule has 3 rings (SSSR count). The molecule has 108 valence electrons. The van der Waals surface area contributed by atoms with Crippen molar-refractivity contribution >= 4 is 11.6 Å². The first kappa shape index (κ1) is 13.5. The molecule has 0 aliphatic heterocycles. The zero-order chi connectivity index (χ0) is 14.3.